The highest BCUT2D eigenvalue weighted by molar-refractivity contribution is 5.37. The molecule has 2 rings (SSSR count). The van der Waals surface area contributed by atoms with Crippen LogP contribution in [-0.4, -0.2) is 19.3 Å². The van der Waals surface area contributed by atoms with Gasteiger partial charge in [0.1, 0.15) is 0 Å². The van der Waals surface area contributed by atoms with Gasteiger partial charge >= 0.3 is 0 Å². The third-order valence-corrected chi connectivity index (χ3v) is 5.00. The molecule has 1 N–H and O–H groups in total. The van der Waals surface area contributed by atoms with Gasteiger partial charge < -0.3 is 10.1 Å². The van der Waals surface area contributed by atoms with E-state index in [1.54, 1.807) is 0 Å². The fourth-order valence-electron chi connectivity index (χ4n) is 3.63. The summed E-state index contributed by atoms with van der Waals surface area (Å²) in [5, 5.41) is 3.70. The fourth-order valence-corrected chi connectivity index (χ4v) is 3.63. The smallest absolute Gasteiger partial charge is 0.0872 e. The third-order valence-electron chi connectivity index (χ3n) is 5.00. The van der Waals surface area contributed by atoms with Gasteiger partial charge in [-0.1, -0.05) is 44.4 Å². The highest BCUT2D eigenvalue weighted by atomic mass is 16.5. The molecule has 0 saturated heterocycles. The lowest BCUT2D eigenvalue weighted by Crippen LogP contribution is -2.47. The van der Waals surface area contributed by atoms with Crippen LogP contribution < -0.4 is 5.32 Å². The average Bonchev–Trinajstić information content (AvgIpc) is 2.49. The molecule has 0 radical (unpaired) electrons. The molecule has 0 heterocycles. The highest BCUT2D eigenvalue weighted by Crippen LogP contribution is 2.42. The van der Waals surface area contributed by atoms with Crippen molar-refractivity contribution in [3.05, 3.63) is 34.9 Å². The van der Waals surface area contributed by atoms with E-state index < -0.39 is 0 Å². The molecule has 1 fully saturated rings. The summed E-state index contributed by atoms with van der Waals surface area (Å²) in [6, 6.07) is 6.94. The molecule has 0 spiro atoms. The minimum Gasteiger partial charge on any atom is -0.376 e. The van der Waals surface area contributed by atoms with Crippen LogP contribution >= 0.6 is 0 Å². The fraction of sp³-hybridized carbons (Fsp3) is 0.667. The Labute approximate surface area is 123 Å². The Morgan fingerprint density at radius 1 is 1.20 bits per heavy atom. The first-order valence-electron chi connectivity index (χ1n) is 7.99. The Morgan fingerprint density at radius 3 is 2.50 bits per heavy atom. The van der Waals surface area contributed by atoms with Crippen molar-refractivity contribution in [3.8, 4) is 0 Å². The van der Waals surface area contributed by atoms with Gasteiger partial charge in [0.05, 0.1) is 11.6 Å². The van der Waals surface area contributed by atoms with Crippen molar-refractivity contribution in [1.82, 2.24) is 5.32 Å². The first kappa shape index (κ1) is 15.5. The van der Waals surface area contributed by atoms with Crippen LogP contribution in [0.1, 0.15) is 61.8 Å². The van der Waals surface area contributed by atoms with Crippen molar-refractivity contribution in [2.75, 3.05) is 13.7 Å². The van der Waals surface area contributed by atoms with Crippen molar-refractivity contribution in [2.45, 2.75) is 64.5 Å². The Morgan fingerprint density at radius 2 is 1.90 bits per heavy atom. The van der Waals surface area contributed by atoms with Gasteiger partial charge in [-0.05, 0) is 49.9 Å². The van der Waals surface area contributed by atoms with E-state index in [1.165, 1.54) is 36.0 Å². The summed E-state index contributed by atoms with van der Waals surface area (Å²) in [6.45, 7) is 7.59. The van der Waals surface area contributed by atoms with Gasteiger partial charge in [0, 0.05) is 7.11 Å². The van der Waals surface area contributed by atoms with Crippen molar-refractivity contribution in [1.29, 1.82) is 0 Å². The second-order valence-corrected chi connectivity index (χ2v) is 6.11. The van der Waals surface area contributed by atoms with E-state index in [0.717, 1.165) is 19.4 Å². The summed E-state index contributed by atoms with van der Waals surface area (Å²) in [7, 11) is 1.89. The number of nitrogens with one attached hydrogen (secondary N) is 1. The molecule has 2 nitrogen and oxygen atoms in total. The lowest BCUT2D eigenvalue weighted by Gasteiger charge is -2.43. The van der Waals surface area contributed by atoms with Crippen molar-refractivity contribution >= 4 is 0 Å². The van der Waals surface area contributed by atoms with Gasteiger partial charge in [-0.15, -0.1) is 0 Å². The molecule has 0 bridgehead atoms. The van der Waals surface area contributed by atoms with E-state index in [2.05, 4.69) is 44.3 Å². The van der Waals surface area contributed by atoms with Gasteiger partial charge in [-0.25, -0.2) is 0 Å². The second kappa shape index (κ2) is 6.73. The predicted molar refractivity (Wildman–Crippen MR) is 85.2 cm³/mol. The van der Waals surface area contributed by atoms with E-state index in [-0.39, 0.29) is 5.60 Å². The summed E-state index contributed by atoms with van der Waals surface area (Å²) < 4.78 is 6.08. The van der Waals surface area contributed by atoms with Gasteiger partial charge in [0.2, 0.25) is 0 Å². The molecule has 0 aliphatic heterocycles. The van der Waals surface area contributed by atoms with Crippen LogP contribution in [0.3, 0.4) is 0 Å². The zero-order valence-electron chi connectivity index (χ0n) is 13.5. The van der Waals surface area contributed by atoms with Crippen LogP contribution in [0.2, 0.25) is 0 Å². The second-order valence-electron chi connectivity index (χ2n) is 6.11. The van der Waals surface area contributed by atoms with Gasteiger partial charge in [-0.3, -0.25) is 0 Å². The molecule has 1 aromatic rings. The Balaban J connectivity index is 2.41. The summed E-state index contributed by atoms with van der Waals surface area (Å²) in [6.07, 6.45) is 6.22. The van der Waals surface area contributed by atoms with Crippen molar-refractivity contribution in [2.24, 2.45) is 0 Å². The first-order valence-corrected chi connectivity index (χ1v) is 7.99. The molecule has 1 aliphatic carbocycles. The molecule has 0 aromatic heterocycles. The van der Waals surface area contributed by atoms with Gasteiger partial charge in [-0.2, -0.15) is 0 Å². The van der Waals surface area contributed by atoms with Crippen LogP contribution in [0.5, 0.6) is 0 Å². The van der Waals surface area contributed by atoms with Crippen LogP contribution in [0, 0.1) is 13.8 Å². The lowest BCUT2D eigenvalue weighted by atomic mass is 9.75. The average molecular weight is 275 g/mol. The summed E-state index contributed by atoms with van der Waals surface area (Å²) >= 11 is 0. The van der Waals surface area contributed by atoms with Crippen molar-refractivity contribution < 1.29 is 4.74 Å². The monoisotopic (exact) mass is 275 g/mol. The molecular formula is C18H29NO. The third kappa shape index (κ3) is 2.91. The molecule has 2 heteroatoms. The minimum absolute atomic E-state index is 0.0349. The number of methoxy groups -OCH3 is 1. The molecule has 20 heavy (non-hydrogen) atoms. The van der Waals surface area contributed by atoms with Crippen LogP contribution in [0.4, 0.5) is 0 Å². The van der Waals surface area contributed by atoms with E-state index in [4.69, 9.17) is 4.74 Å². The molecule has 112 valence electrons. The normalized spacial score (nSPS) is 19.8. The molecule has 1 saturated carbocycles. The van der Waals surface area contributed by atoms with Crippen LogP contribution in [0.25, 0.3) is 0 Å². The largest absolute Gasteiger partial charge is 0.376 e. The Kier molecular flexibility index (Phi) is 5.22. The zero-order valence-corrected chi connectivity index (χ0v) is 13.5. The number of aryl methyl sites for hydroxylation is 1. The summed E-state index contributed by atoms with van der Waals surface area (Å²) in [5.74, 6) is 0. The number of likely N-dealkylation sites (N-methyl/N-ethyl adjacent to an activating group) is 1. The van der Waals surface area contributed by atoms with Crippen LogP contribution in [-0.2, 0) is 4.74 Å². The van der Waals surface area contributed by atoms with Crippen molar-refractivity contribution in [3.63, 3.8) is 0 Å². The van der Waals surface area contributed by atoms with Gasteiger partial charge in [0.15, 0.2) is 0 Å². The minimum atomic E-state index is -0.0349. The highest BCUT2D eigenvalue weighted by Gasteiger charge is 2.41. The number of rotatable bonds is 5. The molecule has 0 amide bonds. The number of hydrogen-bond acceptors (Lipinski definition) is 2. The standard InChI is InChI=1S/C18H29NO/c1-5-19-17(16-11-9-10-14(2)15(16)3)18(20-4)12-7-6-8-13-18/h9-11,17,19H,5-8,12-13H2,1-4H3. The topological polar surface area (TPSA) is 21.3 Å². The quantitative estimate of drug-likeness (QED) is 0.865. The van der Waals surface area contributed by atoms with E-state index >= 15 is 0 Å². The maximum atomic E-state index is 6.08. The predicted octanol–water partition coefficient (Wildman–Crippen LogP) is 4.30. The Bertz CT molecular complexity index is 435. The maximum absolute atomic E-state index is 6.08. The molecule has 1 aromatic carbocycles. The lowest BCUT2D eigenvalue weighted by molar-refractivity contribution is -0.0686. The zero-order chi connectivity index (χ0) is 14.6. The Hall–Kier alpha value is -0.860. The van der Waals surface area contributed by atoms with E-state index in [0.29, 0.717) is 6.04 Å². The first-order chi connectivity index (χ1) is 9.64. The number of hydrogen-bond donors (Lipinski definition) is 1. The molecular weight excluding hydrogens is 246 g/mol. The van der Waals surface area contributed by atoms with E-state index in [9.17, 15) is 0 Å². The SMILES string of the molecule is CCNC(c1cccc(C)c1C)C1(OC)CCCCC1. The molecule has 1 unspecified atom stereocenters. The van der Waals surface area contributed by atoms with Crippen LogP contribution in [0.15, 0.2) is 18.2 Å². The van der Waals surface area contributed by atoms with E-state index in [1.807, 2.05) is 7.11 Å². The summed E-state index contributed by atoms with van der Waals surface area (Å²) in [4.78, 5) is 0. The van der Waals surface area contributed by atoms with Gasteiger partial charge in [0.25, 0.3) is 0 Å². The maximum Gasteiger partial charge on any atom is 0.0872 e. The number of ether oxygens (including phenoxy) is 1. The summed E-state index contributed by atoms with van der Waals surface area (Å²) in [5.41, 5.74) is 4.15. The molecule has 1 atom stereocenters. The molecule has 1 aliphatic rings. The number of benzene rings is 1.